The molecular weight excluding hydrogens is 324 g/mol. The summed E-state index contributed by atoms with van der Waals surface area (Å²) in [5, 5.41) is 5.97. The third-order valence-corrected chi connectivity index (χ3v) is 5.30. The van der Waals surface area contributed by atoms with Crippen LogP contribution in [0.4, 0.5) is 9.59 Å². The highest BCUT2D eigenvalue weighted by Crippen LogP contribution is 2.40. The Morgan fingerprint density at radius 3 is 2.32 bits per heavy atom. The van der Waals surface area contributed by atoms with E-state index < -0.39 is 0 Å². The molecule has 2 aliphatic heterocycles. The molecule has 2 heterocycles. The van der Waals surface area contributed by atoms with Crippen molar-refractivity contribution in [1.29, 1.82) is 0 Å². The number of nitrogens with zero attached hydrogens (tertiary/aromatic N) is 2. The first-order valence-electron chi connectivity index (χ1n) is 8.17. The first kappa shape index (κ1) is 17.2. The Labute approximate surface area is 147 Å². The van der Waals surface area contributed by atoms with E-state index >= 15 is 0 Å². The highest BCUT2D eigenvalue weighted by molar-refractivity contribution is 5.80. The fourth-order valence-corrected chi connectivity index (χ4v) is 3.67. The first-order chi connectivity index (χ1) is 11.9. The molecule has 2 fully saturated rings. The summed E-state index contributed by atoms with van der Waals surface area (Å²) in [6, 6.07) is 4.74. The molecule has 2 aliphatic rings. The van der Waals surface area contributed by atoms with Crippen LogP contribution in [0.25, 0.3) is 0 Å². The Morgan fingerprint density at radius 1 is 1.00 bits per heavy atom. The Kier molecular flexibility index (Phi) is 4.36. The van der Waals surface area contributed by atoms with Crippen molar-refractivity contribution in [1.82, 2.24) is 20.4 Å². The topological polar surface area (TPSA) is 83.1 Å². The van der Waals surface area contributed by atoms with E-state index in [4.69, 9.17) is 9.47 Å². The SMILES string of the molecule is COc1ccc(C2NC(=O)N(C)[C@H]3NC(=O)N(C)C(C)[C@H]23)c(OC)c1. The van der Waals surface area contributed by atoms with Gasteiger partial charge in [-0.15, -0.1) is 0 Å². The smallest absolute Gasteiger partial charge is 0.319 e. The van der Waals surface area contributed by atoms with Crippen molar-refractivity contribution in [3.8, 4) is 11.5 Å². The van der Waals surface area contributed by atoms with Crippen molar-refractivity contribution in [2.45, 2.75) is 25.2 Å². The van der Waals surface area contributed by atoms with Crippen molar-refractivity contribution in [3.05, 3.63) is 23.8 Å². The van der Waals surface area contributed by atoms with Gasteiger partial charge in [-0.05, 0) is 19.1 Å². The van der Waals surface area contributed by atoms with Crippen LogP contribution >= 0.6 is 0 Å². The van der Waals surface area contributed by atoms with Crippen molar-refractivity contribution in [2.24, 2.45) is 5.92 Å². The van der Waals surface area contributed by atoms with Gasteiger partial charge in [0.2, 0.25) is 0 Å². The van der Waals surface area contributed by atoms with Crippen LogP contribution in [-0.2, 0) is 0 Å². The van der Waals surface area contributed by atoms with Gasteiger partial charge in [-0.25, -0.2) is 9.59 Å². The molecule has 2 saturated heterocycles. The summed E-state index contributed by atoms with van der Waals surface area (Å²) in [5.41, 5.74) is 0.858. The van der Waals surface area contributed by atoms with Gasteiger partial charge in [0, 0.05) is 37.7 Å². The van der Waals surface area contributed by atoms with Gasteiger partial charge < -0.3 is 29.9 Å². The molecule has 0 radical (unpaired) electrons. The van der Waals surface area contributed by atoms with Crippen LogP contribution in [-0.4, -0.2) is 62.4 Å². The number of nitrogens with one attached hydrogen (secondary N) is 2. The second-order valence-corrected chi connectivity index (χ2v) is 6.47. The largest absolute Gasteiger partial charge is 0.497 e. The average Bonchev–Trinajstić information content (AvgIpc) is 2.62. The summed E-state index contributed by atoms with van der Waals surface area (Å²) in [5.74, 6) is 1.27. The molecule has 0 saturated carbocycles. The summed E-state index contributed by atoms with van der Waals surface area (Å²) in [6.07, 6.45) is -0.385. The molecule has 0 bridgehead atoms. The number of urea groups is 2. The van der Waals surface area contributed by atoms with E-state index in [2.05, 4.69) is 10.6 Å². The van der Waals surface area contributed by atoms with Crippen LogP contribution in [0.15, 0.2) is 18.2 Å². The molecule has 8 nitrogen and oxygen atoms in total. The first-order valence-corrected chi connectivity index (χ1v) is 8.17. The minimum absolute atomic E-state index is 0.0484. The van der Waals surface area contributed by atoms with E-state index in [0.717, 1.165) is 5.56 Å². The van der Waals surface area contributed by atoms with Gasteiger partial charge in [0.15, 0.2) is 0 Å². The van der Waals surface area contributed by atoms with Crippen molar-refractivity contribution < 1.29 is 19.1 Å². The van der Waals surface area contributed by atoms with Crippen LogP contribution in [0.1, 0.15) is 18.5 Å². The van der Waals surface area contributed by atoms with Crippen LogP contribution < -0.4 is 20.1 Å². The quantitative estimate of drug-likeness (QED) is 0.865. The summed E-state index contributed by atoms with van der Waals surface area (Å²) in [4.78, 5) is 27.8. The molecule has 1 aromatic carbocycles. The Hall–Kier alpha value is -2.64. The third-order valence-electron chi connectivity index (χ3n) is 5.30. The summed E-state index contributed by atoms with van der Waals surface area (Å²) < 4.78 is 10.8. The maximum absolute atomic E-state index is 12.4. The second-order valence-electron chi connectivity index (χ2n) is 6.47. The van der Waals surface area contributed by atoms with E-state index in [-0.39, 0.29) is 36.2 Å². The third kappa shape index (κ3) is 2.71. The normalized spacial score (nSPS) is 28.8. The molecule has 1 aromatic rings. The summed E-state index contributed by atoms with van der Waals surface area (Å²) >= 11 is 0. The van der Waals surface area contributed by atoms with Gasteiger partial charge in [0.05, 0.1) is 20.3 Å². The molecule has 2 N–H and O–H groups in total. The van der Waals surface area contributed by atoms with Crippen molar-refractivity contribution in [3.63, 3.8) is 0 Å². The van der Waals surface area contributed by atoms with Crippen LogP contribution in [0, 0.1) is 5.92 Å². The van der Waals surface area contributed by atoms with Gasteiger partial charge in [-0.2, -0.15) is 0 Å². The van der Waals surface area contributed by atoms with Crippen molar-refractivity contribution in [2.75, 3.05) is 28.3 Å². The Balaban J connectivity index is 2.05. The lowest BCUT2D eigenvalue weighted by Crippen LogP contribution is -2.71. The molecule has 3 rings (SSSR count). The highest BCUT2D eigenvalue weighted by Gasteiger charge is 2.49. The molecule has 0 aromatic heterocycles. The lowest BCUT2D eigenvalue weighted by atomic mass is 9.81. The zero-order chi connectivity index (χ0) is 18.3. The number of benzene rings is 1. The van der Waals surface area contributed by atoms with Crippen molar-refractivity contribution >= 4 is 12.1 Å². The number of ether oxygens (including phenoxy) is 2. The predicted octanol–water partition coefficient (Wildman–Crippen LogP) is 1.39. The lowest BCUT2D eigenvalue weighted by molar-refractivity contribution is 0.0268. The predicted molar refractivity (Wildman–Crippen MR) is 91.6 cm³/mol. The Bertz CT molecular complexity index is 695. The molecule has 8 heteroatoms. The zero-order valence-corrected chi connectivity index (χ0v) is 15.1. The van der Waals surface area contributed by atoms with E-state index in [1.807, 2.05) is 19.1 Å². The molecule has 136 valence electrons. The second kappa shape index (κ2) is 6.34. The number of carbonyl (C=O) groups is 2. The minimum Gasteiger partial charge on any atom is -0.497 e. The lowest BCUT2D eigenvalue weighted by Gasteiger charge is -2.52. The molecule has 4 amide bonds. The minimum atomic E-state index is -0.385. The van der Waals surface area contributed by atoms with Gasteiger partial charge in [0.25, 0.3) is 0 Å². The summed E-state index contributed by atoms with van der Waals surface area (Å²) in [7, 11) is 6.63. The number of amides is 4. The maximum Gasteiger partial charge on any atom is 0.319 e. The zero-order valence-electron chi connectivity index (χ0n) is 15.1. The number of fused-ring (bicyclic) bond motifs is 1. The van der Waals surface area contributed by atoms with E-state index in [1.165, 1.54) is 0 Å². The molecule has 0 spiro atoms. The number of methoxy groups -OCH3 is 2. The number of hydrogen-bond acceptors (Lipinski definition) is 4. The maximum atomic E-state index is 12.4. The number of carbonyl (C=O) groups excluding carboxylic acids is 2. The van der Waals surface area contributed by atoms with Crippen LogP contribution in [0.3, 0.4) is 0 Å². The molecular formula is C17H24N4O4. The van der Waals surface area contributed by atoms with Gasteiger partial charge >= 0.3 is 12.1 Å². The summed E-state index contributed by atoms with van der Waals surface area (Å²) in [6.45, 7) is 1.99. The molecule has 4 atom stereocenters. The molecule has 25 heavy (non-hydrogen) atoms. The fraction of sp³-hybridized carbons (Fsp3) is 0.529. The number of rotatable bonds is 3. The van der Waals surface area contributed by atoms with E-state index in [1.54, 1.807) is 44.2 Å². The van der Waals surface area contributed by atoms with Gasteiger partial charge in [0.1, 0.15) is 17.7 Å². The van der Waals surface area contributed by atoms with E-state index in [0.29, 0.717) is 11.5 Å². The van der Waals surface area contributed by atoms with Crippen LogP contribution in [0.5, 0.6) is 11.5 Å². The van der Waals surface area contributed by atoms with Gasteiger partial charge in [-0.1, -0.05) is 0 Å². The standard InChI is InChI=1S/C17H24N4O4/c1-9-13-14(11-7-6-10(24-4)8-12(11)25-5)18-16(22)21(3)15(13)19-17(23)20(9)2/h6-9,13-15H,1-5H3,(H,18,22)(H,19,23)/t9?,13-,14?,15-/m1/s1. The van der Waals surface area contributed by atoms with E-state index in [9.17, 15) is 9.59 Å². The molecule has 2 unspecified atom stereocenters. The fourth-order valence-electron chi connectivity index (χ4n) is 3.67. The van der Waals surface area contributed by atoms with Gasteiger partial charge in [-0.3, -0.25) is 0 Å². The monoisotopic (exact) mass is 348 g/mol. The highest BCUT2D eigenvalue weighted by atomic mass is 16.5. The number of hydrogen-bond donors (Lipinski definition) is 2. The Morgan fingerprint density at radius 2 is 1.68 bits per heavy atom. The average molecular weight is 348 g/mol. The molecule has 0 aliphatic carbocycles. The van der Waals surface area contributed by atoms with Crippen LogP contribution in [0.2, 0.25) is 0 Å².